The van der Waals surface area contributed by atoms with E-state index in [1.807, 2.05) is 6.92 Å². The van der Waals surface area contributed by atoms with Crippen LogP contribution in [0, 0.1) is 19.8 Å². The van der Waals surface area contributed by atoms with Crippen LogP contribution < -0.4 is 5.32 Å². The molecule has 96 valence electrons. The van der Waals surface area contributed by atoms with E-state index in [1.54, 1.807) is 13.8 Å². The highest BCUT2D eigenvalue weighted by atomic mass is 16.5. The van der Waals surface area contributed by atoms with Gasteiger partial charge >= 0.3 is 0 Å². The number of amides is 1. The minimum absolute atomic E-state index is 0.0856. The van der Waals surface area contributed by atoms with E-state index in [4.69, 9.17) is 4.52 Å². The fourth-order valence-corrected chi connectivity index (χ4v) is 1.76. The van der Waals surface area contributed by atoms with Crippen LogP contribution in [0.3, 0.4) is 0 Å². The molecule has 0 bridgehead atoms. The summed E-state index contributed by atoms with van der Waals surface area (Å²) < 4.78 is 4.99. The zero-order valence-electron chi connectivity index (χ0n) is 11.3. The largest absolute Gasteiger partial charge is 0.361 e. The van der Waals surface area contributed by atoms with Gasteiger partial charge in [0.1, 0.15) is 11.3 Å². The number of carbonyl (C=O) groups excluding carboxylic acids is 1. The fourth-order valence-electron chi connectivity index (χ4n) is 1.76. The number of aromatic nitrogens is 1. The van der Waals surface area contributed by atoms with Gasteiger partial charge in [-0.1, -0.05) is 19.0 Å². The van der Waals surface area contributed by atoms with Gasteiger partial charge in [0.05, 0.1) is 5.69 Å². The molecule has 1 unspecified atom stereocenters. The summed E-state index contributed by atoms with van der Waals surface area (Å²) in [5, 5.41) is 6.76. The van der Waals surface area contributed by atoms with Gasteiger partial charge in [0.15, 0.2) is 0 Å². The number of carbonyl (C=O) groups is 1. The Balaban J connectivity index is 2.55. The first-order valence-corrected chi connectivity index (χ1v) is 6.15. The smallest absolute Gasteiger partial charge is 0.256 e. The van der Waals surface area contributed by atoms with Gasteiger partial charge in [-0.2, -0.15) is 0 Å². The van der Waals surface area contributed by atoms with Crippen molar-refractivity contribution in [2.24, 2.45) is 5.92 Å². The van der Waals surface area contributed by atoms with Crippen LogP contribution in [-0.4, -0.2) is 17.1 Å². The molecule has 0 fully saturated rings. The van der Waals surface area contributed by atoms with E-state index >= 15 is 0 Å². The van der Waals surface area contributed by atoms with Crippen molar-refractivity contribution in [2.45, 2.75) is 53.5 Å². The fraction of sp³-hybridized carbons (Fsp3) is 0.692. The first-order valence-electron chi connectivity index (χ1n) is 6.15. The van der Waals surface area contributed by atoms with Crippen LogP contribution in [0.1, 0.15) is 55.4 Å². The monoisotopic (exact) mass is 238 g/mol. The lowest BCUT2D eigenvalue weighted by Crippen LogP contribution is -2.33. The third kappa shape index (κ3) is 3.88. The Morgan fingerprint density at radius 1 is 1.29 bits per heavy atom. The summed E-state index contributed by atoms with van der Waals surface area (Å²) in [6.45, 7) is 9.93. The molecule has 1 atom stereocenters. The van der Waals surface area contributed by atoms with Crippen molar-refractivity contribution in [3.63, 3.8) is 0 Å². The maximum absolute atomic E-state index is 12.0. The lowest BCUT2D eigenvalue weighted by molar-refractivity contribution is 0.0935. The molecule has 1 heterocycles. The van der Waals surface area contributed by atoms with Gasteiger partial charge in [-0.3, -0.25) is 4.79 Å². The molecule has 0 spiro atoms. The summed E-state index contributed by atoms with van der Waals surface area (Å²) in [5.74, 6) is 1.15. The molecule has 0 aromatic carbocycles. The molecule has 1 aromatic heterocycles. The van der Waals surface area contributed by atoms with Crippen molar-refractivity contribution in [3.05, 3.63) is 17.0 Å². The van der Waals surface area contributed by atoms with E-state index < -0.39 is 0 Å². The zero-order chi connectivity index (χ0) is 13.0. The summed E-state index contributed by atoms with van der Waals surface area (Å²) in [4.78, 5) is 12.0. The lowest BCUT2D eigenvalue weighted by Gasteiger charge is -2.14. The van der Waals surface area contributed by atoms with Crippen molar-refractivity contribution in [3.8, 4) is 0 Å². The summed E-state index contributed by atoms with van der Waals surface area (Å²) >= 11 is 0. The van der Waals surface area contributed by atoms with Crippen LogP contribution in [0.2, 0.25) is 0 Å². The second kappa shape index (κ2) is 5.84. The Hall–Kier alpha value is -1.32. The van der Waals surface area contributed by atoms with Crippen LogP contribution in [0.5, 0.6) is 0 Å². The Bertz CT molecular complexity index is 363. The standard InChI is InChI=1S/C13H22N2O2/c1-8(2)6-7-9(3)14-13(16)12-10(4)15-17-11(12)5/h8-9H,6-7H2,1-5H3,(H,14,16). The van der Waals surface area contributed by atoms with Gasteiger partial charge in [-0.25, -0.2) is 0 Å². The highest BCUT2D eigenvalue weighted by molar-refractivity contribution is 5.96. The molecule has 1 aromatic rings. The molecule has 1 N–H and O–H groups in total. The van der Waals surface area contributed by atoms with E-state index in [-0.39, 0.29) is 11.9 Å². The molecule has 1 rings (SSSR count). The molecule has 4 heteroatoms. The van der Waals surface area contributed by atoms with E-state index in [9.17, 15) is 4.79 Å². The minimum atomic E-state index is -0.0856. The average Bonchev–Trinajstić information content (AvgIpc) is 2.55. The van der Waals surface area contributed by atoms with Crippen molar-refractivity contribution < 1.29 is 9.32 Å². The van der Waals surface area contributed by atoms with E-state index in [0.717, 1.165) is 12.8 Å². The van der Waals surface area contributed by atoms with Crippen LogP contribution >= 0.6 is 0 Å². The number of nitrogens with zero attached hydrogens (tertiary/aromatic N) is 1. The topological polar surface area (TPSA) is 55.1 Å². The minimum Gasteiger partial charge on any atom is -0.361 e. The first kappa shape index (κ1) is 13.7. The molecular weight excluding hydrogens is 216 g/mol. The Morgan fingerprint density at radius 2 is 1.94 bits per heavy atom. The maximum Gasteiger partial charge on any atom is 0.256 e. The third-order valence-corrected chi connectivity index (χ3v) is 2.81. The second-order valence-corrected chi connectivity index (χ2v) is 5.04. The Labute approximate surface area is 103 Å². The molecule has 0 aliphatic carbocycles. The van der Waals surface area contributed by atoms with Crippen molar-refractivity contribution in [2.75, 3.05) is 0 Å². The molecule has 0 saturated carbocycles. The van der Waals surface area contributed by atoms with Gasteiger partial charge in [-0.05, 0) is 39.5 Å². The first-order chi connectivity index (χ1) is 7.91. The predicted octanol–water partition coefficient (Wildman–Crippen LogP) is 2.85. The van der Waals surface area contributed by atoms with Crippen molar-refractivity contribution >= 4 is 5.91 Å². The van der Waals surface area contributed by atoms with Gasteiger partial charge in [0.25, 0.3) is 5.91 Å². The second-order valence-electron chi connectivity index (χ2n) is 5.04. The van der Waals surface area contributed by atoms with Crippen LogP contribution in [0.4, 0.5) is 0 Å². The quantitative estimate of drug-likeness (QED) is 0.858. The number of nitrogens with one attached hydrogen (secondary N) is 1. The van der Waals surface area contributed by atoms with Crippen LogP contribution in [-0.2, 0) is 0 Å². The number of aryl methyl sites for hydroxylation is 2. The number of hydrogen-bond acceptors (Lipinski definition) is 3. The molecule has 0 aliphatic heterocycles. The van der Waals surface area contributed by atoms with E-state index in [2.05, 4.69) is 24.3 Å². The van der Waals surface area contributed by atoms with Gasteiger partial charge < -0.3 is 9.84 Å². The Morgan fingerprint density at radius 3 is 2.41 bits per heavy atom. The number of hydrogen-bond donors (Lipinski definition) is 1. The summed E-state index contributed by atoms with van der Waals surface area (Å²) in [7, 11) is 0. The SMILES string of the molecule is Cc1noc(C)c1C(=O)NC(C)CCC(C)C. The van der Waals surface area contributed by atoms with E-state index in [0.29, 0.717) is 22.9 Å². The molecule has 0 radical (unpaired) electrons. The van der Waals surface area contributed by atoms with Gasteiger partial charge in [0.2, 0.25) is 0 Å². The third-order valence-electron chi connectivity index (χ3n) is 2.81. The zero-order valence-corrected chi connectivity index (χ0v) is 11.3. The summed E-state index contributed by atoms with van der Waals surface area (Å²) in [6, 6.07) is 0.179. The average molecular weight is 238 g/mol. The molecule has 17 heavy (non-hydrogen) atoms. The van der Waals surface area contributed by atoms with Gasteiger partial charge in [0, 0.05) is 6.04 Å². The normalized spacial score (nSPS) is 12.8. The molecular formula is C13H22N2O2. The van der Waals surface area contributed by atoms with Gasteiger partial charge in [-0.15, -0.1) is 0 Å². The van der Waals surface area contributed by atoms with Crippen LogP contribution in [0.15, 0.2) is 4.52 Å². The number of rotatable bonds is 5. The van der Waals surface area contributed by atoms with Crippen molar-refractivity contribution in [1.29, 1.82) is 0 Å². The Kier molecular flexibility index (Phi) is 4.73. The lowest BCUT2D eigenvalue weighted by atomic mass is 10.0. The summed E-state index contributed by atoms with van der Waals surface area (Å²) in [6.07, 6.45) is 2.11. The molecule has 0 aliphatic rings. The van der Waals surface area contributed by atoms with Crippen LogP contribution in [0.25, 0.3) is 0 Å². The van der Waals surface area contributed by atoms with Crippen molar-refractivity contribution in [1.82, 2.24) is 10.5 Å². The molecule has 0 saturated heterocycles. The predicted molar refractivity (Wildman–Crippen MR) is 67.0 cm³/mol. The highest BCUT2D eigenvalue weighted by Crippen LogP contribution is 2.13. The van der Waals surface area contributed by atoms with E-state index in [1.165, 1.54) is 0 Å². The highest BCUT2D eigenvalue weighted by Gasteiger charge is 2.18. The molecule has 4 nitrogen and oxygen atoms in total. The molecule has 1 amide bonds. The maximum atomic E-state index is 12.0. The summed E-state index contributed by atoms with van der Waals surface area (Å²) in [5.41, 5.74) is 1.22.